The number of carbonyl (C=O) groups excluding carboxylic acids is 1. The number of hydrogen-bond donors (Lipinski definition) is 3. The molecule has 1 aromatic rings. The van der Waals surface area contributed by atoms with E-state index in [-0.39, 0.29) is 11.8 Å². The SMILES string of the molecule is NCC1CCC(C(=O)Nc2ccc[nH]2)CC1. The van der Waals surface area contributed by atoms with Crippen molar-refractivity contribution in [3.8, 4) is 0 Å². The highest BCUT2D eigenvalue weighted by molar-refractivity contribution is 5.91. The molecule has 0 unspecified atom stereocenters. The molecule has 4 nitrogen and oxygen atoms in total. The number of nitrogens with one attached hydrogen (secondary N) is 2. The number of carbonyl (C=O) groups is 1. The predicted molar refractivity (Wildman–Crippen MR) is 63.9 cm³/mol. The van der Waals surface area contributed by atoms with Gasteiger partial charge >= 0.3 is 0 Å². The fourth-order valence-corrected chi connectivity index (χ4v) is 2.30. The fourth-order valence-electron chi connectivity index (χ4n) is 2.30. The van der Waals surface area contributed by atoms with Crippen LogP contribution in [0.15, 0.2) is 18.3 Å². The number of aromatic amines is 1. The van der Waals surface area contributed by atoms with E-state index in [9.17, 15) is 4.79 Å². The summed E-state index contributed by atoms with van der Waals surface area (Å²) in [5.41, 5.74) is 5.63. The van der Waals surface area contributed by atoms with Crippen molar-refractivity contribution in [3.05, 3.63) is 18.3 Å². The molecule has 1 aliphatic carbocycles. The topological polar surface area (TPSA) is 70.9 Å². The zero-order valence-electron chi connectivity index (χ0n) is 9.41. The Balaban J connectivity index is 1.82. The fraction of sp³-hybridized carbons (Fsp3) is 0.583. The lowest BCUT2D eigenvalue weighted by atomic mass is 9.81. The van der Waals surface area contributed by atoms with Crippen molar-refractivity contribution in [1.29, 1.82) is 0 Å². The number of amides is 1. The maximum absolute atomic E-state index is 11.9. The molecule has 88 valence electrons. The van der Waals surface area contributed by atoms with Crippen molar-refractivity contribution < 1.29 is 4.79 Å². The summed E-state index contributed by atoms with van der Waals surface area (Å²) in [6.45, 7) is 0.755. The summed E-state index contributed by atoms with van der Waals surface area (Å²) in [5, 5.41) is 2.90. The molecular formula is C12H19N3O. The first-order chi connectivity index (χ1) is 7.79. The summed E-state index contributed by atoms with van der Waals surface area (Å²) in [6, 6.07) is 3.74. The number of hydrogen-bond acceptors (Lipinski definition) is 2. The molecule has 0 atom stereocenters. The maximum Gasteiger partial charge on any atom is 0.228 e. The number of rotatable bonds is 3. The van der Waals surface area contributed by atoms with Crippen LogP contribution >= 0.6 is 0 Å². The Morgan fingerprint density at radius 1 is 1.44 bits per heavy atom. The van der Waals surface area contributed by atoms with E-state index in [1.54, 1.807) is 6.20 Å². The highest BCUT2D eigenvalue weighted by atomic mass is 16.1. The first-order valence-corrected chi connectivity index (χ1v) is 5.94. The zero-order chi connectivity index (χ0) is 11.4. The quantitative estimate of drug-likeness (QED) is 0.727. The Morgan fingerprint density at radius 3 is 2.75 bits per heavy atom. The highest BCUT2D eigenvalue weighted by Crippen LogP contribution is 2.28. The number of aromatic nitrogens is 1. The van der Waals surface area contributed by atoms with Crippen LogP contribution in [0.5, 0.6) is 0 Å². The minimum Gasteiger partial charge on any atom is -0.348 e. The summed E-state index contributed by atoms with van der Waals surface area (Å²) < 4.78 is 0. The zero-order valence-corrected chi connectivity index (χ0v) is 9.41. The summed E-state index contributed by atoms with van der Waals surface area (Å²) in [7, 11) is 0. The summed E-state index contributed by atoms with van der Waals surface area (Å²) in [4.78, 5) is 14.9. The van der Waals surface area contributed by atoms with Crippen LogP contribution in [0.25, 0.3) is 0 Å². The molecule has 4 heteroatoms. The lowest BCUT2D eigenvalue weighted by Crippen LogP contribution is -2.29. The van der Waals surface area contributed by atoms with Crippen molar-refractivity contribution in [1.82, 2.24) is 4.98 Å². The normalized spacial score (nSPS) is 25.3. The van der Waals surface area contributed by atoms with Crippen LogP contribution in [0, 0.1) is 11.8 Å². The van der Waals surface area contributed by atoms with E-state index in [0.29, 0.717) is 5.92 Å². The van der Waals surface area contributed by atoms with Crippen molar-refractivity contribution in [2.24, 2.45) is 17.6 Å². The molecule has 1 amide bonds. The van der Waals surface area contributed by atoms with Gasteiger partial charge in [0.25, 0.3) is 0 Å². The lowest BCUT2D eigenvalue weighted by Gasteiger charge is -2.26. The van der Waals surface area contributed by atoms with Gasteiger partial charge in [-0.3, -0.25) is 4.79 Å². The molecule has 0 aliphatic heterocycles. The molecule has 0 bridgehead atoms. The molecule has 0 saturated heterocycles. The van der Waals surface area contributed by atoms with Crippen LogP contribution in [-0.4, -0.2) is 17.4 Å². The monoisotopic (exact) mass is 221 g/mol. The smallest absolute Gasteiger partial charge is 0.228 e. The molecule has 1 aliphatic rings. The Kier molecular flexibility index (Phi) is 3.62. The second kappa shape index (κ2) is 5.16. The number of H-pyrrole nitrogens is 1. The molecule has 1 heterocycles. The largest absolute Gasteiger partial charge is 0.348 e. The van der Waals surface area contributed by atoms with Gasteiger partial charge in [-0.05, 0) is 50.3 Å². The van der Waals surface area contributed by atoms with Gasteiger partial charge in [0.1, 0.15) is 5.82 Å². The van der Waals surface area contributed by atoms with Gasteiger partial charge in [-0.15, -0.1) is 0 Å². The third-order valence-corrected chi connectivity index (χ3v) is 3.41. The van der Waals surface area contributed by atoms with Crippen LogP contribution in [0.4, 0.5) is 5.82 Å². The molecule has 0 spiro atoms. The number of nitrogens with two attached hydrogens (primary N) is 1. The van der Waals surface area contributed by atoms with Gasteiger partial charge in [0.2, 0.25) is 5.91 Å². The average Bonchev–Trinajstić information content (AvgIpc) is 2.82. The second-order valence-corrected chi connectivity index (χ2v) is 4.53. The van der Waals surface area contributed by atoms with Gasteiger partial charge in [0, 0.05) is 12.1 Å². The van der Waals surface area contributed by atoms with Gasteiger partial charge < -0.3 is 16.0 Å². The van der Waals surface area contributed by atoms with Crippen LogP contribution in [0.3, 0.4) is 0 Å². The van der Waals surface area contributed by atoms with E-state index in [4.69, 9.17) is 5.73 Å². The predicted octanol–water partition coefficient (Wildman–Crippen LogP) is 1.72. The first-order valence-electron chi connectivity index (χ1n) is 5.94. The Hall–Kier alpha value is -1.29. The highest BCUT2D eigenvalue weighted by Gasteiger charge is 2.25. The molecular weight excluding hydrogens is 202 g/mol. The van der Waals surface area contributed by atoms with Crippen LogP contribution in [0.2, 0.25) is 0 Å². The lowest BCUT2D eigenvalue weighted by molar-refractivity contribution is -0.121. The van der Waals surface area contributed by atoms with E-state index < -0.39 is 0 Å². The van der Waals surface area contributed by atoms with E-state index in [1.807, 2.05) is 12.1 Å². The van der Waals surface area contributed by atoms with E-state index in [0.717, 1.165) is 38.0 Å². The molecule has 0 radical (unpaired) electrons. The van der Waals surface area contributed by atoms with Crippen molar-refractivity contribution in [3.63, 3.8) is 0 Å². The summed E-state index contributed by atoms with van der Waals surface area (Å²) in [5.74, 6) is 1.70. The Morgan fingerprint density at radius 2 is 2.19 bits per heavy atom. The van der Waals surface area contributed by atoms with E-state index in [1.165, 1.54) is 0 Å². The van der Waals surface area contributed by atoms with Crippen LogP contribution < -0.4 is 11.1 Å². The summed E-state index contributed by atoms with van der Waals surface area (Å²) in [6.07, 6.45) is 5.91. The van der Waals surface area contributed by atoms with E-state index >= 15 is 0 Å². The second-order valence-electron chi connectivity index (χ2n) is 4.53. The summed E-state index contributed by atoms with van der Waals surface area (Å²) >= 11 is 0. The van der Waals surface area contributed by atoms with E-state index in [2.05, 4.69) is 10.3 Å². The molecule has 0 aromatic carbocycles. The molecule has 1 aromatic heterocycles. The standard InChI is InChI=1S/C12H19N3O/c13-8-9-3-5-10(6-4-9)12(16)15-11-2-1-7-14-11/h1-2,7,9-10,14H,3-6,8,13H2,(H,15,16). The van der Waals surface area contributed by atoms with Crippen molar-refractivity contribution >= 4 is 11.7 Å². The number of anilines is 1. The molecule has 1 fully saturated rings. The van der Waals surface area contributed by atoms with Crippen molar-refractivity contribution in [2.45, 2.75) is 25.7 Å². The molecule has 16 heavy (non-hydrogen) atoms. The maximum atomic E-state index is 11.9. The minimum atomic E-state index is 0.137. The minimum absolute atomic E-state index is 0.137. The van der Waals surface area contributed by atoms with Gasteiger partial charge in [-0.1, -0.05) is 0 Å². The van der Waals surface area contributed by atoms with Gasteiger partial charge in [-0.25, -0.2) is 0 Å². The molecule has 1 saturated carbocycles. The third-order valence-electron chi connectivity index (χ3n) is 3.41. The third kappa shape index (κ3) is 2.64. The Bertz CT molecular complexity index is 326. The van der Waals surface area contributed by atoms with Crippen LogP contribution in [0.1, 0.15) is 25.7 Å². The van der Waals surface area contributed by atoms with Crippen molar-refractivity contribution in [2.75, 3.05) is 11.9 Å². The average molecular weight is 221 g/mol. The van der Waals surface area contributed by atoms with Crippen LogP contribution in [-0.2, 0) is 4.79 Å². The van der Waals surface area contributed by atoms with Gasteiger partial charge in [0.15, 0.2) is 0 Å². The molecule has 4 N–H and O–H groups in total. The van der Waals surface area contributed by atoms with Gasteiger partial charge in [-0.2, -0.15) is 0 Å². The first kappa shape index (κ1) is 11.2. The molecule has 2 rings (SSSR count). The van der Waals surface area contributed by atoms with Gasteiger partial charge in [0.05, 0.1) is 0 Å². The Labute approximate surface area is 95.6 Å².